The second-order valence-electron chi connectivity index (χ2n) is 4.25. The summed E-state index contributed by atoms with van der Waals surface area (Å²) in [5.41, 5.74) is 1.77. The van der Waals surface area contributed by atoms with Gasteiger partial charge in [-0.25, -0.2) is 4.39 Å². The number of nitrogens with one attached hydrogen (secondary N) is 2. The molecule has 0 aromatic rings. The van der Waals surface area contributed by atoms with Gasteiger partial charge in [-0.3, -0.25) is 4.99 Å². The Labute approximate surface area is 96.5 Å². The van der Waals surface area contributed by atoms with Crippen LogP contribution in [0.15, 0.2) is 28.3 Å². The molecule has 1 aliphatic rings. The first-order valence-electron chi connectivity index (χ1n) is 5.48. The number of halogens is 1. The molecule has 0 aromatic carbocycles. The summed E-state index contributed by atoms with van der Waals surface area (Å²) >= 11 is 0. The minimum atomic E-state index is -0.176. The predicted molar refractivity (Wildman–Crippen MR) is 65.8 cm³/mol. The lowest BCUT2D eigenvalue weighted by Crippen LogP contribution is -2.31. The summed E-state index contributed by atoms with van der Waals surface area (Å²) in [7, 11) is 0. The molecule has 3 atom stereocenters. The van der Waals surface area contributed by atoms with Crippen molar-refractivity contribution in [3.05, 3.63) is 23.3 Å². The molecule has 0 spiro atoms. The van der Waals surface area contributed by atoms with Gasteiger partial charge in [-0.1, -0.05) is 6.92 Å². The van der Waals surface area contributed by atoms with Crippen LogP contribution in [0.4, 0.5) is 4.39 Å². The van der Waals surface area contributed by atoms with Gasteiger partial charge in [0, 0.05) is 17.7 Å². The van der Waals surface area contributed by atoms with Crippen molar-refractivity contribution in [3.8, 4) is 0 Å². The molecule has 16 heavy (non-hydrogen) atoms. The van der Waals surface area contributed by atoms with Crippen molar-refractivity contribution in [1.29, 1.82) is 0 Å². The SMILES string of the molecule is C=NC1NC=C(C(C)N/C(C)=C(\C)F)[C@@H]1C. The van der Waals surface area contributed by atoms with E-state index in [1.807, 2.05) is 13.1 Å². The third-order valence-corrected chi connectivity index (χ3v) is 3.07. The second-order valence-corrected chi connectivity index (χ2v) is 4.25. The van der Waals surface area contributed by atoms with E-state index in [1.54, 1.807) is 6.92 Å². The van der Waals surface area contributed by atoms with Crippen molar-refractivity contribution in [2.75, 3.05) is 0 Å². The molecule has 0 saturated carbocycles. The molecule has 0 saturated heterocycles. The summed E-state index contributed by atoms with van der Waals surface area (Å²) in [5.74, 6) is 0.108. The molecule has 0 amide bonds. The maximum atomic E-state index is 12.9. The number of nitrogens with zero attached hydrogens (tertiary/aromatic N) is 1. The number of allylic oxidation sites excluding steroid dienone is 2. The zero-order chi connectivity index (χ0) is 12.3. The van der Waals surface area contributed by atoms with Crippen LogP contribution in [-0.2, 0) is 0 Å². The molecule has 90 valence electrons. The highest BCUT2D eigenvalue weighted by Gasteiger charge is 2.27. The van der Waals surface area contributed by atoms with E-state index in [9.17, 15) is 4.39 Å². The Morgan fingerprint density at radius 3 is 2.69 bits per heavy atom. The Bertz CT molecular complexity index is 329. The molecule has 2 unspecified atom stereocenters. The van der Waals surface area contributed by atoms with Gasteiger partial charge in [0.1, 0.15) is 12.0 Å². The molecule has 4 heteroatoms. The Kier molecular flexibility index (Phi) is 4.10. The fraction of sp³-hybridized carbons (Fsp3) is 0.583. The van der Waals surface area contributed by atoms with Crippen LogP contribution < -0.4 is 10.6 Å². The third-order valence-electron chi connectivity index (χ3n) is 3.07. The van der Waals surface area contributed by atoms with E-state index in [1.165, 1.54) is 12.5 Å². The summed E-state index contributed by atoms with van der Waals surface area (Å²) < 4.78 is 12.9. The van der Waals surface area contributed by atoms with Crippen LogP contribution in [0.25, 0.3) is 0 Å². The summed E-state index contributed by atoms with van der Waals surface area (Å²) in [5, 5.41) is 6.28. The van der Waals surface area contributed by atoms with Crippen LogP contribution in [0.1, 0.15) is 27.7 Å². The van der Waals surface area contributed by atoms with Gasteiger partial charge in [-0.2, -0.15) is 0 Å². The zero-order valence-corrected chi connectivity index (χ0v) is 10.3. The Balaban J connectivity index is 2.66. The first-order valence-corrected chi connectivity index (χ1v) is 5.48. The van der Waals surface area contributed by atoms with Crippen LogP contribution in [0.5, 0.6) is 0 Å². The van der Waals surface area contributed by atoms with Crippen molar-refractivity contribution in [1.82, 2.24) is 10.6 Å². The van der Waals surface area contributed by atoms with Crippen LogP contribution in [0, 0.1) is 5.92 Å². The van der Waals surface area contributed by atoms with E-state index in [0.717, 1.165) is 0 Å². The van der Waals surface area contributed by atoms with Crippen molar-refractivity contribution >= 4 is 6.72 Å². The van der Waals surface area contributed by atoms with Crippen LogP contribution >= 0.6 is 0 Å². The molecule has 0 aromatic heterocycles. The molecule has 3 nitrogen and oxygen atoms in total. The molecule has 1 heterocycles. The van der Waals surface area contributed by atoms with Crippen LogP contribution in [0.3, 0.4) is 0 Å². The van der Waals surface area contributed by atoms with Gasteiger partial charge in [0.2, 0.25) is 0 Å². The molecule has 0 fully saturated rings. The molecule has 2 N–H and O–H groups in total. The monoisotopic (exact) mass is 225 g/mol. The molecule has 0 bridgehead atoms. The van der Waals surface area contributed by atoms with Gasteiger partial charge in [0.15, 0.2) is 0 Å². The highest BCUT2D eigenvalue weighted by molar-refractivity contribution is 5.28. The molecule has 0 aliphatic carbocycles. The average Bonchev–Trinajstić information content (AvgIpc) is 2.59. The zero-order valence-electron chi connectivity index (χ0n) is 10.3. The average molecular weight is 225 g/mol. The summed E-state index contributed by atoms with van der Waals surface area (Å²) in [6, 6.07) is 0.0972. The van der Waals surface area contributed by atoms with E-state index in [0.29, 0.717) is 5.70 Å². The maximum Gasteiger partial charge on any atom is 0.123 e. The van der Waals surface area contributed by atoms with E-state index in [2.05, 4.69) is 29.3 Å². The summed E-state index contributed by atoms with van der Waals surface area (Å²) in [4.78, 5) is 3.99. The minimum Gasteiger partial charge on any atom is -0.380 e. The molecule has 1 aliphatic heterocycles. The van der Waals surface area contributed by atoms with Crippen molar-refractivity contribution in [3.63, 3.8) is 0 Å². The first-order chi connectivity index (χ1) is 7.47. The highest BCUT2D eigenvalue weighted by Crippen LogP contribution is 2.24. The molecule has 0 radical (unpaired) electrons. The Morgan fingerprint density at radius 2 is 2.25 bits per heavy atom. The first kappa shape index (κ1) is 12.7. The van der Waals surface area contributed by atoms with Crippen LogP contribution in [-0.4, -0.2) is 18.9 Å². The summed E-state index contributed by atoms with van der Waals surface area (Å²) in [6.07, 6.45) is 1.98. The molecular formula is C12H20FN3. The van der Waals surface area contributed by atoms with Gasteiger partial charge in [-0.15, -0.1) is 0 Å². The Hall–Kier alpha value is -1.32. The quantitative estimate of drug-likeness (QED) is 0.720. The standard InChI is InChI=1S/C12H20FN3/c1-7-11(6-15-12(7)14-5)10(4)16-9(3)8(2)13/h6-7,10,12,15-16H,5H2,1-4H3/b9-8+/t7-,10?,12?/m0/s1. The van der Waals surface area contributed by atoms with E-state index >= 15 is 0 Å². The fourth-order valence-electron chi connectivity index (χ4n) is 1.88. The number of hydrogen-bond acceptors (Lipinski definition) is 3. The van der Waals surface area contributed by atoms with Gasteiger partial charge >= 0.3 is 0 Å². The van der Waals surface area contributed by atoms with E-state index < -0.39 is 0 Å². The second kappa shape index (κ2) is 5.14. The summed E-state index contributed by atoms with van der Waals surface area (Å²) in [6.45, 7) is 10.8. The maximum absolute atomic E-state index is 12.9. The fourth-order valence-corrected chi connectivity index (χ4v) is 1.88. The lowest BCUT2D eigenvalue weighted by atomic mass is 9.96. The molecule has 1 rings (SSSR count). The lowest BCUT2D eigenvalue weighted by molar-refractivity contribution is 0.490. The third kappa shape index (κ3) is 2.62. The van der Waals surface area contributed by atoms with Gasteiger partial charge in [-0.05, 0) is 39.3 Å². The predicted octanol–water partition coefficient (Wildman–Crippen LogP) is 2.34. The smallest absolute Gasteiger partial charge is 0.123 e. The van der Waals surface area contributed by atoms with Crippen molar-refractivity contribution in [2.24, 2.45) is 10.9 Å². The topological polar surface area (TPSA) is 36.4 Å². The lowest BCUT2D eigenvalue weighted by Gasteiger charge is -2.21. The highest BCUT2D eigenvalue weighted by atomic mass is 19.1. The number of rotatable bonds is 4. The number of hydrogen-bond donors (Lipinski definition) is 2. The van der Waals surface area contributed by atoms with Crippen molar-refractivity contribution < 1.29 is 4.39 Å². The van der Waals surface area contributed by atoms with E-state index in [4.69, 9.17) is 0 Å². The number of aliphatic imine (C=N–C) groups is 1. The van der Waals surface area contributed by atoms with Gasteiger partial charge in [0.05, 0.1) is 0 Å². The van der Waals surface area contributed by atoms with Gasteiger partial charge in [0.25, 0.3) is 0 Å². The normalized spacial score (nSPS) is 27.7. The van der Waals surface area contributed by atoms with Gasteiger partial charge < -0.3 is 10.6 Å². The van der Waals surface area contributed by atoms with Crippen molar-refractivity contribution in [2.45, 2.75) is 39.9 Å². The minimum absolute atomic E-state index is 0.0370. The largest absolute Gasteiger partial charge is 0.380 e. The van der Waals surface area contributed by atoms with Crippen LogP contribution in [0.2, 0.25) is 0 Å². The van der Waals surface area contributed by atoms with E-state index in [-0.39, 0.29) is 24.0 Å². The molecular weight excluding hydrogens is 205 g/mol. The Morgan fingerprint density at radius 1 is 1.62 bits per heavy atom.